The topological polar surface area (TPSA) is 142 Å². The average molecular weight is 302 g/mol. The summed E-state index contributed by atoms with van der Waals surface area (Å²) in [6.45, 7) is 6.05. The Balaban J connectivity index is 4.88. The van der Waals surface area contributed by atoms with Crippen molar-refractivity contribution in [2.75, 3.05) is 0 Å². The third-order valence-electron chi connectivity index (χ3n) is 2.01. The number of hydrogen-bond donors (Lipinski definition) is 0. The van der Waals surface area contributed by atoms with Gasteiger partial charge < -0.3 is 20.1 Å². The van der Waals surface area contributed by atoms with E-state index >= 15 is 0 Å². The van der Waals surface area contributed by atoms with Crippen LogP contribution >= 0.6 is 8.25 Å². The van der Waals surface area contributed by atoms with E-state index in [1.165, 1.54) is 27.7 Å². The van der Waals surface area contributed by atoms with Crippen LogP contribution in [0.1, 0.15) is 27.7 Å². The molecule has 0 aromatic heterocycles. The Hall–Kier alpha value is -2.07. The first-order valence-corrected chi connectivity index (χ1v) is 6.89. The molecule has 0 unspecified atom stereocenters. The van der Waals surface area contributed by atoms with Crippen LogP contribution in [0.25, 0.3) is 11.1 Å². The monoisotopic (exact) mass is 302 g/mol. The summed E-state index contributed by atoms with van der Waals surface area (Å²) in [7, 11) is -3.44. The van der Waals surface area contributed by atoms with Crippen molar-refractivity contribution in [2.24, 2.45) is 11.8 Å². The lowest BCUT2D eigenvalue weighted by atomic mass is 10.1. The maximum Gasteiger partial charge on any atom is 0.526 e. The van der Waals surface area contributed by atoms with Crippen LogP contribution in [0.5, 0.6) is 0 Å². The highest BCUT2D eigenvalue weighted by Crippen LogP contribution is 2.25. The molecule has 0 rings (SSSR count). The van der Waals surface area contributed by atoms with Crippen molar-refractivity contribution in [3.05, 3.63) is 11.1 Å². The number of ketones is 2. The van der Waals surface area contributed by atoms with E-state index < -0.39 is 43.5 Å². The molecule has 0 aliphatic rings. The molecule has 10 heteroatoms. The molecule has 0 aliphatic carbocycles. The van der Waals surface area contributed by atoms with Gasteiger partial charge in [0.1, 0.15) is 0 Å². The third kappa shape index (κ3) is 5.28. The van der Waals surface area contributed by atoms with Gasteiger partial charge in [-0.25, -0.2) is 4.57 Å². The lowest BCUT2D eigenvalue weighted by Crippen LogP contribution is -2.24. The molecule has 0 aromatic carbocycles. The van der Waals surface area contributed by atoms with Crippen LogP contribution in [-0.2, 0) is 23.2 Å². The minimum atomic E-state index is -3.44. The summed E-state index contributed by atoms with van der Waals surface area (Å²) in [5.41, 5.74) is 17.2. The van der Waals surface area contributed by atoms with Crippen LogP contribution in [0, 0.1) is 11.8 Å². The Morgan fingerprint density at radius 3 is 1.40 bits per heavy atom. The van der Waals surface area contributed by atoms with Crippen molar-refractivity contribution in [1.82, 2.24) is 0 Å². The Bertz CT molecular complexity index is 484. The molecule has 0 aliphatic heterocycles. The van der Waals surface area contributed by atoms with Crippen molar-refractivity contribution in [2.45, 2.75) is 27.7 Å². The van der Waals surface area contributed by atoms with Gasteiger partial charge in [0.15, 0.2) is 0 Å². The van der Waals surface area contributed by atoms with E-state index in [0.29, 0.717) is 0 Å². The molecule has 0 N–H and O–H groups in total. The summed E-state index contributed by atoms with van der Waals surface area (Å²) in [5.74, 6) is -4.13. The average Bonchev–Trinajstić information content (AvgIpc) is 2.40. The van der Waals surface area contributed by atoms with Crippen molar-refractivity contribution in [3.63, 3.8) is 0 Å². The minimum absolute atomic E-state index is 0.557. The van der Waals surface area contributed by atoms with Crippen LogP contribution in [0.4, 0.5) is 0 Å². The van der Waals surface area contributed by atoms with Crippen molar-refractivity contribution < 1.29 is 32.8 Å². The van der Waals surface area contributed by atoms with Crippen LogP contribution in [0.2, 0.25) is 0 Å². The van der Waals surface area contributed by atoms with Gasteiger partial charge in [-0.1, -0.05) is 27.7 Å². The van der Waals surface area contributed by atoms with Crippen molar-refractivity contribution in [3.8, 4) is 0 Å². The molecule has 0 radical (unpaired) electrons. The van der Waals surface area contributed by atoms with Crippen LogP contribution in [0.15, 0.2) is 0 Å². The molecule has 110 valence electrons. The highest BCUT2D eigenvalue weighted by molar-refractivity contribution is 7.35. The molecule has 0 amide bonds. The highest BCUT2D eigenvalue weighted by Gasteiger charge is 2.32. The number of carbonyl (C=O) groups excluding carboxylic acids is 2. The lowest BCUT2D eigenvalue weighted by Gasteiger charge is -2.03. The summed E-state index contributed by atoms with van der Waals surface area (Å²) in [5, 5.41) is 0. The smallest absolute Gasteiger partial charge is 0.357 e. The normalized spacial score (nSPS) is 11.3. The number of Topliss-reactive ketones (excluding diaryl/α,β-unsaturated/α-hetero) is 2. The molecular formula is C10H15N4O5P. The molecule has 9 nitrogen and oxygen atoms in total. The van der Waals surface area contributed by atoms with Gasteiger partial charge in [-0.2, -0.15) is 0 Å². The second-order valence-electron chi connectivity index (χ2n) is 4.30. The maximum absolute atomic E-state index is 11.5. The van der Waals surface area contributed by atoms with Gasteiger partial charge in [0.25, 0.3) is 11.6 Å². The number of hydrogen-bond acceptors (Lipinski definition) is 5. The van der Waals surface area contributed by atoms with E-state index in [9.17, 15) is 14.2 Å². The van der Waals surface area contributed by atoms with E-state index in [2.05, 4.69) is 18.6 Å². The zero-order valence-electron chi connectivity index (χ0n) is 11.5. The highest BCUT2D eigenvalue weighted by atomic mass is 31.1. The Labute approximate surface area is 116 Å². The molecule has 0 aromatic rings. The fraction of sp³-hybridized carbons (Fsp3) is 0.600. The van der Waals surface area contributed by atoms with E-state index in [-0.39, 0.29) is 0 Å². The van der Waals surface area contributed by atoms with E-state index in [0.717, 1.165) is 0 Å². The first-order chi connectivity index (χ1) is 9.24. The fourth-order valence-electron chi connectivity index (χ4n) is 0.913. The van der Waals surface area contributed by atoms with Gasteiger partial charge in [0, 0.05) is 11.8 Å². The zero-order valence-corrected chi connectivity index (χ0v) is 12.5. The van der Waals surface area contributed by atoms with Crippen LogP contribution < -0.4 is 0 Å². The Morgan fingerprint density at radius 1 is 0.900 bits per heavy atom. The number of carbonyl (C=O) groups is 2. The van der Waals surface area contributed by atoms with Gasteiger partial charge in [0.05, 0.1) is 0 Å². The molecule has 0 heterocycles. The van der Waals surface area contributed by atoms with Gasteiger partial charge in [-0.15, -0.1) is 9.58 Å². The first-order valence-electron chi connectivity index (χ1n) is 5.66. The van der Waals surface area contributed by atoms with E-state index in [1.54, 1.807) is 0 Å². The van der Waals surface area contributed by atoms with E-state index in [4.69, 9.17) is 11.1 Å². The van der Waals surface area contributed by atoms with E-state index in [1.807, 2.05) is 0 Å². The van der Waals surface area contributed by atoms with Gasteiger partial charge in [0.2, 0.25) is 0 Å². The zero-order chi connectivity index (χ0) is 15.9. The molecule has 0 saturated carbocycles. The quantitative estimate of drug-likeness (QED) is 0.237. The van der Waals surface area contributed by atoms with Crippen LogP contribution in [-0.4, -0.2) is 32.9 Å². The minimum Gasteiger partial charge on any atom is -0.357 e. The second kappa shape index (κ2) is 8.17. The largest absolute Gasteiger partial charge is 0.526 e. The predicted octanol–water partition coefficient (Wildman–Crippen LogP) is 1.12. The van der Waals surface area contributed by atoms with Gasteiger partial charge in [-0.05, 0) is 0 Å². The summed E-state index contributed by atoms with van der Waals surface area (Å²) in [6, 6.07) is 0. The molecule has 0 bridgehead atoms. The van der Waals surface area contributed by atoms with Gasteiger partial charge in [-0.3, -0.25) is 9.59 Å². The standard InChI is InChI=1S/C10H15N4O5P/c1-5(2)7(15)9(13-11)18-20(17)19-10(14-12)8(16)6(3)4/h5-6,20H,1-4H3. The third-order valence-corrected chi connectivity index (χ3v) is 2.73. The van der Waals surface area contributed by atoms with Crippen LogP contribution in [0.3, 0.4) is 0 Å². The van der Waals surface area contributed by atoms with Crippen molar-refractivity contribution >= 4 is 31.6 Å². The molecular weight excluding hydrogens is 287 g/mol. The SMILES string of the molecule is CC(C)C(=O)C(=[N+]=[N-])O[PH](=O)OC(=[N+]=[N-])C(=O)C(C)C. The second-order valence-corrected chi connectivity index (χ2v) is 5.21. The molecule has 0 spiro atoms. The molecule has 0 saturated heterocycles. The maximum atomic E-state index is 11.5. The number of rotatable bonds is 6. The number of nitrogens with zero attached hydrogens (tertiary/aromatic N) is 4. The first kappa shape index (κ1) is 17.9. The molecule has 0 atom stereocenters. The van der Waals surface area contributed by atoms with Crippen molar-refractivity contribution in [1.29, 1.82) is 0 Å². The molecule has 20 heavy (non-hydrogen) atoms. The summed E-state index contributed by atoms with van der Waals surface area (Å²) >= 11 is 0. The predicted molar refractivity (Wildman–Crippen MR) is 68.1 cm³/mol. The Kier molecular flexibility index (Phi) is 7.33. The molecule has 0 fully saturated rings. The summed E-state index contributed by atoms with van der Waals surface area (Å²) in [4.78, 5) is 28.1. The fourth-order valence-corrected chi connectivity index (χ4v) is 1.55. The lowest BCUT2D eigenvalue weighted by molar-refractivity contribution is -0.123. The Morgan fingerprint density at radius 2 is 1.20 bits per heavy atom. The summed E-state index contributed by atoms with van der Waals surface area (Å²) < 4.78 is 20.5. The van der Waals surface area contributed by atoms with Gasteiger partial charge >= 0.3 is 20.1 Å². The summed E-state index contributed by atoms with van der Waals surface area (Å²) in [6.07, 6.45) is 0.